The average molecular weight is 223 g/mol. The summed E-state index contributed by atoms with van der Waals surface area (Å²) < 4.78 is 10.0. The minimum atomic E-state index is -0.310. The van der Waals surface area contributed by atoms with Crippen LogP contribution in [0.2, 0.25) is 10.0 Å². The Morgan fingerprint density at radius 2 is 2.15 bits per heavy atom. The first-order valence-electron chi connectivity index (χ1n) is 3.52. The van der Waals surface area contributed by atoms with Crippen LogP contribution in [0.3, 0.4) is 0 Å². The molecule has 1 heterocycles. The van der Waals surface area contributed by atoms with Gasteiger partial charge in [-0.2, -0.15) is 0 Å². The largest absolute Gasteiger partial charge is 0.460 e. The molecule has 0 saturated carbocycles. The lowest BCUT2D eigenvalue weighted by atomic mass is 10.5. The summed E-state index contributed by atoms with van der Waals surface area (Å²) in [5.41, 5.74) is 0. The van der Waals surface area contributed by atoms with Crippen LogP contribution in [0.4, 0.5) is 0 Å². The van der Waals surface area contributed by atoms with Gasteiger partial charge in [0.2, 0.25) is 0 Å². The molecule has 0 atom stereocenters. The molecule has 1 N–H and O–H groups in total. The van der Waals surface area contributed by atoms with E-state index in [1.54, 1.807) is 6.08 Å². The Bertz CT molecular complexity index is 307. The van der Waals surface area contributed by atoms with Gasteiger partial charge in [0.05, 0.1) is 0 Å². The number of hydrogen-bond donors (Lipinski definition) is 1. The average Bonchev–Trinajstić information content (AvgIpc) is 2.41. The number of aliphatic hydroxyl groups excluding tert-OH is 1. The fourth-order valence-electron chi connectivity index (χ4n) is 0.743. The lowest BCUT2D eigenvalue weighted by Gasteiger charge is -1.96. The Balaban J connectivity index is 2.88. The van der Waals surface area contributed by atoms with Gasteiger partial charge >= 0.3 is 5.95 Å². The molecule has 1 aromatic rings. The van der Waals surface area contributed by atoms with Crippen molar-refractivity contribution in [1.82, 2.24) is 0 Å². The van der Waals surface area contributed by atoms with Crippen molar-refractivity contribution in [3.63, 3.8) is 0 Å². The SMILES string of the molecule is C=CCOc1oc(CO)c(Cl)c1Cl. The van der Waals surface area contributed by atoms with E-state index >= 15 is 0 Å². The molecule has 0 aliphatic heterocycles. The molecule has 0 bridgehead atoms. The number of hydrogen-bond acceptors (Lipinski definition) is 3. The molecule has 5 heteroatoms. The van der Waals surface area contributed by atoms with Crippen LogP contribution in [0, 0.1) is 0 Å². The van der Waals surface area contributed by atoms with Gasteiger partial charge in [0.1, 0.15) is 23.3 Å². The number of aliphatic hydroxyl groups is 1. The van der Waals surface area contributed by atoms with E-state index in [9.17, 15) is 0 Å². The molecule has 1 rings (SSSR count). The van der Waals surface area contributed by atoms with Crippen molar-refractivity contribution in [2.45, 2.75) is 6.61 Å². The molecule has 0 amide bonds. The van der Waals surface area contributed by atoms with Crippen LogP contribution in [0.1, 0.15) is 5.76 Å². The van der Waals surface area contributed by atoms with Crippen molar-refractivity contribution in [2.75, 3.05) is 6.61 Å². The van der Waals surface area contributed by atoms with Crippen LogP contribution in [-0.2, 0) is 6.61 Å². The van der Waals surface area contributed by atoms with E-state index in [0.717, 1.165) is 0 Å². The van der Waals surface area contributed by atoms with E-state index in [2.05, 4.69) is 6.58 Å². The molecule has 0 aliphatic rings. The minimum Gasteiger partial charge on any atom is -0.460 e. The summed E-state index contributed by atoms with van der Waals surface area (Å²) in [6, 6.07) is 0. The third-order valence-corrected chi connectivity index (χ3v) is 2.15. The summed E-state index contributed by atoms with van der Waals surface area (Å²) in [6.45, 7) is 3.43. The topological polar surface area (TPSA) is 42.6 Å². The van der Waals surface area contributed by atoms with Crippen LogP contribution in [0.25, 0.3) is 0 Å². The van der Waals surface area contributed by atoms with Gasteiger partial charge in [-0.15, -0.1) is 0 Å². The van der Waals surface area contributed by atoms with Gasteiger partial charge < -0.3 is 14.3 Å². The highest BCUT2D eigenvalue weighted by atomic mass is 35.5. The van der Waals surface area contributed by atoms with Gasteiger partial charge in [-0.25, -0.2) is 0 Å². The van der Waals surface area contributed by atoms with E-state index in [4.69, 9.17) is 37.5 Å². The van der Waals surface area contributed by atoms with Crippen LogP contribution in [-0.4, -0.2) is 11.7 Å². The highest BCUT2D eigenvalue weighted by molar-refractivity contribution is 6.43. The summed E-state index contributed by atoms with van der Waals surface area (Å²) in [5, 5.41) is 9.13. The summed E-state index contributed by atoms with van der Waals surface area (Å²) in [6.07, 6.45) is 1.55. The maximum absolute atomic E-state index is 8.77. The number of rotatable bonds is 4. The van der Waals surface area contributed by atoms with Crippen molar-refractivity contribution in [1.29, 1.82) is 0 Å². The normalized spacial score (nSPS) is 10.1. The van der Waals surface area contributed by atoms with E-state index < -0.39 is 0 Å². The van der Waals surface area contributed by atoms with Crippen LogP contribution in [0.15, 0.2) is 17.1 Å². The van der Waals surface area contributed by atoms with E-state index in [1.165, 1.54) is 0 Å². The number of halogens is 2. The Labute approximate surface area is 85.5 Å². The van der Waals surface area contributed by atoms with Gasteiger partial charge in [-0.05, 0) is 0 Å². The van der Waals surface area contributed by atoms with Gasteiger partial charge in [0.25, 0.3) is 0 Å². The van der Waals surface area contributed by atoms with Crippen molar-refractivity contribution in [3.05, 3.63) is 28.5 Å². The summed E-state index contributed by atoms with van der Waals surface area (Å²) in [5.74, 6) is 0.307. The molecule has 0 radical (unpaired) electrons. The third kappa shape index (κ3) is 2.18. The van der Waals surface area contributed by atoms with Gasteiger partial charge in [-0.1, -0.05) is 35.9 Å². The molecule has 0 aliphatic carbocycles. The fraction of sp³-hybridized carbons (Fsp3) is 0.250. The highest BCUT2D eigenvalue weighted by Crippen LogP contribution is 2.37. The Kier molecular flexibility index (Phi) is 3.66. The zero-order valence-electron chi connectivity index (χ0n) is 6.72. The Morgan fingerprint density at radius 3 is 2.62 bits per heavy atom. The van der Waals surface area contributed by atoms with Crippen LogP contribution in [0.5, 0.6) is 5.95 Å². The van der Waals surface area contributed by atoms with Crippen LogP contribution < -0.4 is 4.74 Å². The van der Waals surface area contributed by atoms with Gasteiger partial charge in [-0.3, -0.25) is 0 Å². The number of ether oxygens (including phenoxy) is 1. The molecule has 13 heavy (non-hydrogen) atoms. The quantitative estimate of drug-likeness (QED) is 0.797. The van der Waals surface area contributed by atoms with Gasteiger partial charge in [0, 0.05) is 0 Å². The maximum atomic E-state index is 8.77. The Morgan fingerprint density at radius 1 is 1.46 bits per heavy atom. The smallest absolute Gasteiger partial charge is 0.306 e. The van der Waals surface area contributed by atoms with Crippen LogP contribution >= 0.6 is 23.2 Å². The monoisotopic (exact) mass is 222 g/mol. The van der Waals surface area contributed by atoms with E-state index in [1.807, 2.05) is 0 Å². The van der Waals surface area contributed by atoms with E-state index in [0.29, 0.717) is 0 Å². The molecule has 0 unspecified atom stereocenters. The minimum absolute atomic E-state index is 0.107. The second-order valence-electron chi connectivity index (χ2n) is 2.20. The molecule has 0 aromatic carbocycles. The highest BCUT2D eigenvalue weighted by Gasteiger charge is 2.17. The van der Waals surface area contributed by atoms with Crippen molar-refractivity contribution >= 4 is 23.2 Å². The molecular formula is C8H8Cl2O3. The summed E-state index contributed by atoms with van der Waals surface area (Å²) >= 11 is 11.4. The molecule has 72 valence electrons. The Hall–Kier alpha value is -0.640. The first-order valence-corrected chi connectivity index (χ1v) is 4.27. The van der Waals surface area contributed by atoms with Crippen molar-refractivity contribution in [2.24, 2.45) is 0 Å². The predicted octanol–water partition coefficient (Wildman–Crippen LogP) is 2.64. The zero-order valence-corrected chi connectivity index (χ0v) is 8.23. The summed E-state index contributed by atoms with van der Waals surface area (Å²) in [7, 11) is 0. The molecule has 1 aromatic heterocycles. The molecule has 0 spiro atoms. The molecule has 3 nitrogen and oxygen atoms in total. The maximum Gasteiger partial charge on any atom is 0.306 e. The predicted molar refractivity (Wildman–Crippen MR) is 50.3 cm³/mol. The standard InChI is InChI=1S/C8H8Cl2O3/c1-2-3-12-8-7(10)6(9)5(4-11)13-8/h2,11H,1,3-4H2. The second kappa shape index (κ2) is 4.56. The third-order valence-electron chi connectivity index (χ3n) is 1.31. The van der Waals surface area contributed by atoms with Crippen molar-refractivity contribution in [3.8, 4) is 5.95 Å². The first kappa shape index (κ1) is 10.4. The fourth-order valence-corrected chi connectivity index (χ4v) is 1.12. The lowest BCUT2D eigenvalue weighted by Crippen LogP contribution is -1.90. The lowest BCUT2D eigenvalue weighted by molar-refractivity contribution is 0.215. The molecule has 0 saturated heterocycles. The number of furan rings is 1. The van der Waals surface area contributed by atoms with Gasteiger partial charge in [0.15, 0.2) is 5.76 Å². The summed E-state index contributed by atoms with van der Waals surface area (Å²) in [4.78, 5) is 0. The van der Waals surface area contributed by atoms with Crippen molar-refractivity contribution < 1.29 is 14.3 Å². The second-order valence-corrected chi connectivity index (χ2v) is 2.95. The molecule has 0 fully saturated rings. The first-order chi connectivity index (χ1) is 6.20. The molecular weight excluding hydrogens is 215 g/mol. The zero-order chi connectivity index (χ0) is 9.84. The van der Waals surface area contributed by atoms with E-state index in [-0.39, 0.29) is 35.0 Å².